The Balaban J connectivity index is 1.59. The van der Waals surface area contributed by atoms with Crippen LogP contribution in [-0.4, -0.2) is 29.8 Å². The van der Waals surface area contributed by atoms with Gasteiger partial charge in [0.2, 0.25) is 0 Å². The van der Waals surface area contributed by atoms with Gasteiger partial charge in [-0.05, 0) is 47.8 Å². The predicted octanol–water partition coefficient (Wildman–Crippen LogP) is 1.81. The third-order valence-electron chi connectivity index (χ3n) is 3.98. The summed E-state index contributed by atoms with van der Waals surface area (Å²) in [5.41, 5.74) is 5.75. The number of ether oxygens (including phenoxy) is 1. The Morgan fingerprint density at radius 2 is 1.53 bits per heavy atom. The van der Waals surface area contributed by atoms with E-state index in [0.29, 0.717) is 22.6 Å². The van der Waals surface area contributed by atoms with Crippen molar-refractivity contribution in [3.05, 3.63) is 83.7 Å². The average Bonchev–Trinajstić information content (AvgIpc) is 2.77. The Kier molecular flexibility index (Phi) is 6.72. The Bertz CT molecular complexity index is 1090. The van der Waals surface area contributed by atoms with Gasteiger partial charge < -0.3 is 10.1 Å². The number of benzene rings is 2. The fraction of sp³-hybridized carbons (Fsp3) is 0.0476. The maximum atomic E-state index is 12.2. The molecule has 0 spiro atoms. The molecule has 2 aromatic carbocycles. The van der Waals surface area contributed by atoms with Gasteiger partial charge in [0.05, 0.1) is 0 Å². The highest BCUT2D eigenvalue weighted by Crippen LogP contribution is 2.22. The Morgan fingerprint density at radius 3 is 2.20 bits per heavy atom. The summed E-state index contributed by atoms with van der Waals surface area (Å²) in [6, 6.07) is 16.4. The molecule has 30 heavy (non-hydrogen) atoms. The van der Waals surface area contributed by atoms with Crippen LogP contribution >= 0.6 is 9.24 Å². The average molecular weight is 422 g/mol. The van der Waals surface area contributed by atoms with Crippen LogP contribution in [-0.2, 0) is 0 Å². The zero-order chi connectivity index (χ0) is 21.5. The van der Waals surface area contributed by atoms with E-state index in [-0.39, 0.29) is 11.6 Å². The van der Waals surface area contributed by atoms with Gasteiger partial charge in [-0.1, -0.05) is 12.1 Å². The number of hydrazine groups is 1. The summed E-state index contributed by atoms with van der Waals surface area (Å²) < 4.78 is 5.69. The normalized spacial score (nSPS) is 10.1. The topological polar surface area (TPSA) is 109 Å². The van der Waals surface area contributed by atoms with Crippen molar-refractivity contribution in [2.75, 3.05) is 7.05 Å². The summed E-state index contributed by atoms with van der Waals surface area (Å²) in [6.45, 7) is 0. The fourth-order valence-corrected chi connectivity index (χ4v) is 2.77. The van der Waals surface area contributed by atoms with Gasteiger partial charge in [-0.2, -0.15) is 0 Å². The van der Waals surface area contributed by atoms with Crippen molar-refractivity contribution in [3.8, 4) is 11.5 Å². The predicted molar refractivity (Wildman–Crippen MR) is 115 cm³/mol. The summed E-state index contributed by atoms with van der Waals surface area (Å²) in [6.07, 6.45) is 1.47. The van der Waals surface area contributed by atoms with Crippen LogP contribution in [0.15, 0.2) is 66.9 Å². The van der Waals surface area contributed by atoms with Gasteiger partial charge >= 0.3 is 0 Å². The van der Waals surface area contributed by atoms with Crippen LogP contribution in [0.1, 0.15) is 31.2 Å². The molecule has 3 N–H and O–H groups in total. The molecule has 0 radical (unpaired) electrons. The molecule has 0 saturated carbocycles. The van der Waals surface area contributed by atoms with Crippen LogP contribution < -0.4 is 26.2 Å². The van der Waals surface area contributed by atoms with Gasteiger partial charge in [0.1, 0.15) is 17.2 Å². The highest BCUT2D eigenvalue weighted by Gasteiger charge is 2.10. The number of hydrogen-bond acceptors (Lipinski definition) is 5. The summed E-state index contributed by atoms with van der Waals surface area (Å²) in [4.78, 5) is 40.0. The molecular weight excluding hydrogens is 403 g/mol. The van der Waals surface area contributed by atoms with Crippen LogP contribution in [0, 0.1) is 0 Å². The first-order valence-corrected chi connectivity index (χ1v) is 9.46. The number of nitrogens with one attached hydrogen (secondary N) is 3. The standard InChI is InChI=1S/C21H19N4O4P/c1-22-21(28)18-12-16(9-10-23-18)29-15-7-5-13(6-8-15)19(26)24-25-20(27)14-3-2-4-17(30)11-14/h2-12H,30H2,1H3,(H,22,28)(H,24,26)(H,25,27). The van der Waals surface area contributed by atoms with Crippen LogP contribution in [0.2, 0.25) is 0 Å². The van der Waals surface area contributed by atoms with E-state index in [1.807, 2.05) is 6.07 Å². The van der Waals surface area contributed by atoms with Crippen LogP contribution in [0.4, 0.5) is 0 Å². The second-order valence-corrected chi connectivity index (χ2v) is 6.78. The molecule has 3 aromatic rings. The van der Waals surface area contributed by atoms with Crippen molar-refractivity contribution in [2.24, 2.45) is 0 Å². The third-order valence-corrected chi connectivity index (χ3v) is 4.34. The number of pyridine rings is 1. The SMILES string of the molecule is CNC(=O)c1cc(Oc2ccc(C(=O)NNC(=O)c3cccc(P)c3)cc2)ccn1. The second kappa shape index (κ2) is 9.62. The first-order valence-electron chi connectivity index (χ1n) is 8.88. The number of aromatic nitrogens is 1. The van der Waals surface area contributed by atoms with E-state index in [0.717, 1.165) is 5.30 Å². The fourth-order valence-electron chi connectivity index (χ4n) is 2.48. The molecule has 1 heterocycles. The molecule has 1 unspecified atom stereocenters. The first-order chi connectivity index (χ1) is 14.5. The Hall–Kier alpha value is -3.77. The Labute approximate surface area is 175 Å². The van der Waals surface area contributed by atoms with Gasteiger partial charge in [-0.3, -0.25) is 30.2 Å². The molecule has 3 amide bonds. The van der Waals surface area contributed by atoms with Crippen molar-refractivity contribution >= 4 is 32.3 Å². The van der Waals surface area contributed by atoms with E-state index in [9.17, 15) is 14.4 Å². The molecule has 0 fully saturated rings. The lowest BCUT2D eigenvalue weighted by molar-refractivity contribution is 0.0846. The van der Waals surface area contributed by atoms with Crippen LogP contribution in [0.3, 0.4) is 0 Å². The van der Waals surface area contributed by atoms with Crippen molar-refractivity contribution in [3.63, 3.8) is 0 Å². The minimum atomic E-state index is -0.470. The monoisotopic (exact) mass is 422 g/mol. The molecule has 0 aliphatic rings. The molecule has 0 aliphatic heterocycles. The number of carbonyl (C=O) groups is 3. The zero-order valence-corrected chi connectivity index (χ0v) is 17.2. The molecule has 1 atom stereocenters. The number of hydrogen-bond donors (Lipinski definition) is 3. The van der Waals surface area contributed by atoms with E-state index in [1.165, 1.54) is 19.3 Å². The highest BCUT2D eigenvalue weighted by atomic mass is 31.0. The number of amides is 3. The van der Waals surface area contributed by atoms with Gasteiger partial charge in [0.25, 0.3) is 17.7 Å². The molecule has 0 bridgehead atoms. The van der Waals surface area contributed by atoms with Crippen LogP contribution in [0.25, 0.3) is 0 Å². The minimum Gasteiger partial charge on any atom is -0.457 e. The molecule has 152 valence electrons. The number of carbonyl (C=O) groups excluding carboxylic acids is 3. The van der Waals surface area contributed by atoms with Gasteiger partial charge in [0, 0.05) is 30.4 Å². The quantitative estimate of drug-likeness (QED) is 0.429. The minimum absolute atomic E-state index is 0.231. The Morgan fingerprint density at radius 1 is 0.833 bits per heavy atom. The van der Waals surface area contributed by atoms with Crippen LogP contribution in [0.5, 0.6) is 11.5 Å². The maximum Gasteiger partial charge on any atom is 0.269 e. The third kappa shape index (κ3) is 5.40. The van der Waals surface area contributed by atoms with Crippen molar-refractivity contribution in [1.29, 1.82) is 0 Å². The first kappa shape index (κ1) is 21.0. The van der Waals surface area contributed by atoms with E-state index >= 15 is 0 Å². The van der Waals surface area contributed by atoms with Crippen molar-refractivity contribution in [2.45, 2.75) is 0 Å². The number of rotatable bonds is 5. The summed E-state index contributed by atoms with van der Waals surface area (Å²) in [5, 5.41) is 3.36. The van der Waals surface area contributed by atoms with E-state index in [2.05, 4.69) is 30.4 Å². The summed E-state index contributed by atoms with van der Waals surface area (Å²) in [7, 11) is 4.02. The van der Waals surface area contributed by atoms with Gasteiger partial charge in [0.15, 0.2) is 0 Å². The molecule has 8 nitrogen and oxygen atoms in total. The molecular formula is C21H19N4O4P. The lowest BCUT2D eigenvalue weighted by Gasteiger charge is -2.09. The van der Waals surface area contributed by atoms with E-state index in [1.54, 1.807) is 48.5 Å². The second-order valence-electron chi connectivity index (χ2n) is 6.12. The lowest BCUT2D eigenvalue weighted by atomic mass is 10.2. The molecule has 1 aromatic heterocycles. The van der Waals surface area contributed by atoms with E-state index < -0.39 is 11.8 Å². The molecule has 0 aliphatic carbocycles. The van der Waals surface area contributed by atoms with Gasteiger partial charge in [-0.15, -0.1) is 9.24 Å². The molecule has 3 rings (SSSR count). The number of nitrogens with zero attached hydrogens (tertiary/aromatic N) is 1. The van der Waals surface area contributed by atoms with Crippen molar-refractivity contribution in [1.82, 2.24) is 21.2 Å². The molecule has 9 heteroatoms. The highest BCUT2D eigenvalue weighted by molar-refractivity contribution is 7.27. The van der Waals surface area contributed by atoms with Crippen molar-refractivity contribution < 1.29 is 19.1 Å². The smallest absolute Gasteiger partial charge is 0.269 e. The molecule has 0 saturated heterocycles. The van der Waals surface area contributed by atoms with E-state index in [4.69, 9.17) is 4.74 Å². The van der Waals surface area contributed by atoms with Gasteiger partial charge in [-0.25, -0.2) is 0 Å². The lowest BCUT2D eigenvalue weighted by Crippen LogP contribution is -2.41. The summed E-state index contributed by atoms with van der Waals surface area (Å²) in [5.74, 6) is -0.301. The summed E-state index contributed by atoms with van der Waals surface area (Å²) >= 11 is 0. The maximum absolute atomic E-state index is 12.2. The largest absolute Gasteiger partial charge is 0.457 e. The zero-order valence-electron chi connectivity index (χ0n) is 16.0.